The first-order valence-electron chi connectivity index (χ1n) is 7.40. The lowest BCUT2D eigenvalue weighted by Crippen LogP contribution is -2.75. The highest BCUT2D eigenvalue weighted by Crippen LogP contribution is 2.49. The molecule has 0 unspecified atom stereocenters. The van der Waals surface area contributed by atoms with Gasteiger partial charge in [0.05, 0.1) is 11.1 Å². The zero-order chi connectivity index (χ0) is 18.5. The lowest BCUT2D eigenvalue weighted by molar-refractivity contribution is -0.164. The Hall–Kier alpha value is -0.860. The predicted octanol–water partition coefficient (Wildman–Crippen LogP) is 1.07. The molecule has 0 aliphatic heterocycles. The molecule has 1 amide bonds. The van der Waals surface area contributed by atoms with Gasteiger partial charge in [-0.3, -0.25) is 4.79 Å². The van der Waals surface area contributed by atoms with Crippen molar-refractivity contribution in [2.24, 2.45) is 0 Å². The number of aliphatic hydroxyl groups is 2. The molecule has 2 bridgehead atoms. The Morgan fingerprint density at radius 2 is 2.04 bits per heavy atom. The highest BCUT2D eigenvalue weighted by atomic mass is 35.5. The van der Waals surface area contributed by atoms with Crippen molar-refractivity contribution in [3.8, 4) is 0 Å². The van der Waals surface area contributed by atoms with E-state index in [9.17, 15) is 19.8 Å². The lowest BCUT2D eigenvalue weighted by Gasteiger charge is -2.53. The second-order valence-corrected chi connectivity index (χ2v) is 8.13. The number of rotatable bonds is 2. The van der Waals surface area contributed by atoms with Crippen LogP contribution in [0.5, 0.6) is 0 Å². The molecule has 0 aromatic rings. The van der Waals surface area contributed by atoms with Crippen molar-refractivity contribution in [3.63, 3.8) is 0 Å². The molecule has 0 saturated heterocycles. The van der Waals surface area contributed by atoms with Gasteiger partial charge >= 0.3 is 6.09 Å². The van der Waals surface area contributed by atoms with Gasteiger partial charge in [0.2, 0.25) is 0 Å². The average Bonchev–Trinajstić information content (AvgIpc) is 2.40. The van der Waals surface area contributed by atoms with Gasteiger partial charge in [0.15, 0.2) is 10.7 Å². The van der Waals surface area contributed by atoms with Gasteiger partial charge < -0.3 is 25.0 Å². The van der Waals surface area contributed by atoms with Crippen molar-refractivity contribution < 1.29 is 29.3 Å². The number of carbonyl (C=O) groups excluding carboxylic acids is 2. The number of ketones is 1. The number of nitrogens with one attached hydrogen (secondary N) is 1. The van der Waals surface area contributed by atoms with Crippen LogP contribution in [-0.2, 0) is 14.3 Å². The SMILES string of the molecule is CO[C@@H]1[C@]2(Cl)C(=O)C(Cl)=C[C@@]1(O)C[C@H](NC(=O)OC(C)(C)C)[C@H]2O. The number of alkyl halides is 1. The molecule has 2 aliphatic carbocycles. The van der Waals surface area contributed by atoms with Crippen molar-refractivity contribution in [1.82, 2.24) is 5.32 Å². The first kappa shape index (κ1) is 19.5. The van der Waals surface area contributed by atoms with Crippen LogP contribution in [0.3, 0.4) is 0 Å². The van der Waals surface area contributed by atoms with Crippen LogP contribution in [-0.4, -0.2) is 63.5 Å². The number of aliphatic hydroxyl groups excluding tert-OH is 1. The third-order valence-electron chi connectivity index (χ3n) is 4.07. The minimum atomic E-state index is -2.02. The Morgan fingerprint density at radius 3 is 2.54 bits per heavy atom. The van der Waals surface area contributed by atoms with Gasteiger partial charge in [0, 0.05) is 13.5 Å². The standard InChI is InChI=1S/C15H21Cl2NO6/c1-13(2,3)24-12(21)18-8-6-14(22)5-7(16)9(19)15(17,10(8)20)11(14)23-4/h5,8,10-11,20,22H,6H2,1-4H3,(H,18,21)/t8-,10+,11-,14+,15-/m0/s1. The molecule has 5 atom stereocenters. The highest BCUT2D eigenvalue weighted by Gasteiger charge is 2.67. The Balaban J connectivity index is 2.34. The molecule has 0 heterocycles. The number of halogens is 2. The van der Waals surface area contributed by atoms with E-state index < -0.39 is 46.2 Å². The quantitative estimate of drug-likeness (QED) is 0.618. The number of alkyl carbamates (subject to hydrolysis) is 1. The smallest absolute Gasteiger partial charge is 0.407 e. The molecule has 7 nitrogen and oxygen atoms in total. The average molecular weight is 382 g/mol. The van der Waals surface area contributed by atoms with Gasteiger partial charge in [0.25, 0.3) is 0 Å². The van der Waals surface area contributed by atoms with E-state index in [0.29, 0.717) is 0 Å². The van der Waals surface area contributed by atoms with E-state index in [1.54, 1.807) is 20.8 Å². The van der Waals surface area contributed by atoms with Crippen LogP contribution in [0.2, 0.25) is 0 Å². The maximum absolute atomic E-state index is 12.4. The number of hydrogen-bond acceptors (Lipinski definition) is 6. The zero-order valence-corrected chi connectivity index (χ0v) is 15.3. The molecule has 2 rings (SSSR count). The second kappa shape index (κ2) is 6.14. The minimum Gasteiger partial charge on any atom is -0.444 e. The first-order chi connectivity index (χ1) is 10.8. The Kier molecular flexibility index (Phi) is 4.98. The molecule has 0 aromatic heterocycles. The number of amides is 1. The predicted molar refractivity (Wildman–Crippen MR) is 87.1 cm³/mol. The van der Waals surface area contributed by atoms with Gasteiger partial charge in [-0.25, -0.2) is 4.79 Å². The molecule has 0 radical (unpaired) electrons. The molecule has 0 spiro atoms. The van der Waals surface area contributed by atoms with Crippen molar-refractivity contribution in [2.75, 3.05) is 7.11 Å². The van der Waals surface area contributed by atoms with E-state index in [0.717, 1.165) is 6.08 Å². The van der Waals surface area contributed by atoms with E-state index in [-0.39, 0.29) is 11.5 Å². The van der Waals surface area contributed by atoms with Gasteiger partial charge in [-0.05, 0) is 26.8 Å². The topological polar surface area (TPSA) is 105 Å². The van der Waals surface area contributed by atoms with E-state index >= 15 is 0 Å². The maximum atomic E-state index is 12.4. The number of ether oxygens (including phenoxy) is 2. The van der Waals surface area contributed by atoms with Crippen LogP contribution >= 0.6 is 23.2 Å². The summed E-state index contributed by atoms with van der Waals surface area (Å²) in [6, 6.07) is -1.03. The Labute approximate surface area is 149 Å². The van der Waals surface area contributed by atoms with Crippen molar-refractivity contribution >= 4 is 35.1 Å². The normalized spacial score (nSPS) is 39.2. The van der Waals surface area contributed by atoms with Crippen LogP contribution in [0, 0.1) is 0 Å². The molecule has 24 heavy (non-hydrogen) atoms. The number of methoxy groups -OCH3 is 1. The van der Waals surface area contributed by atoms with Crippen LogP contribution in [0.25, 0.3) is 0 Å². The summed E-state index contributed by atoms with van der Waals surface area (Å²) in [6.45, 7) is 5.05. The molecular weight excluding hydrogens is 361 g/mol. The monoisotopic (exact) mass is 381 g/mol. The fourth-order valence-corrected chi connectivity index (χ4v) is 4.13. The van der Waals surface area contributed by atoms with Crippen LogP contribution in [0.15, 0.2) is 11.1 Å². The van der Waals surface area contributed by atoms with E-state index in [1.165, 1.54) is 7.11 Å². The maximum Gasteiger partial charge on any atom is 0.407 e. The molecule has 1 fully saturated rings. The molecule has 1 saturated carbocycles. The van der Waals surface area contributed by atoms with Crippen molar-refractivity contribution in [1.29, 1.82) is 0 Å². The second-order valence-electron chi connectivity index (χ2n) is 7.10. The summed E-state index contributed by atoms with van der Waals surface area (Å²) in [5, 5.41) is 23.6. The number of hydrogen-bond donors (Lipinski definition) is 3. The summed E-state index contributed by atoms with van der Waals surface area (Å²) in [5.74, 6) is -0.773. The lowest BCUT2D eigenvalue weighted by atomic mass is 9.65. The van der Waals surface area contributed by atoms with Gasteiger partial charge in [0.1, 0.15) is 23.4 Å². The third-order valence-corrected chi connectivity index (χ3v) is 4.95. The molecule has 2 aliphatic rings. The molecular formula is C15H21Cl2NO6. The fourth-order valence-electron chi connectivity index (χ4n) is 3.20. The van der Waals surface area contributed by atoms with E-state index in [1.807, 2.05) is 0 Å². The van der Waals surface area contributed by atoms with Crippen LogP contribution in [0.4, 0.5) is 4.79 Å². The van der Waals surface area contributed by atoms with Gasteiger partial charge in [-0.2, -0.15) is 0 Å². The number of Topliss-reactive ketones (excluding diaryl/α,β-unsaturated/α-hetero) is 1. The first-order valence-corrected chi connectivity index (χ1v) is 8.15. The van der Waals surface area contributed by atoms with Crippen molar-refractivity contribution in [3.05, 3.63) is 11.1 Å². The summed E-state index contributed by atoms with van der Waals surface area (Å²) >= 11 is 12.2. The molecule has 3 N–H and O–H groups in total. The van der Waals surface area contributed by atoms with E-state index in [4.69, 9.17) is 32.7 Å². The van der Waals surface area contributed by atoms with Crippen LogP contribution < -0.4 is 5.32 Å². The van der Waals surface area contributed by atoms with E-state index in [2.05, 4.69) is 5.32 Å². The Bertz CT molecular complexity index is 589. The van der Waals surface area contributed by atoms with Crippen molar-refractivity contribution in [2.45, 2.75) is 61.5 Å². The van der Waals surface area contributed by atoms with Gasteiger partial charge in [-0.15, -0.1) is 11.6 Å². The van der Waals surface area contributed by atoms with Gasteiger partial charge in [-0.1, -0.05) is 11.6 Å². The fraction of sp³-hybridized carbons (Fsp3) is 0.733. The highest BCUT2D eigenvalue weighted by molar-refractivity contribution is 6.51. The molecule has 0 aromatic carbocycles. The summed E-state index contributed by atoms with van der Waals surface area (Å²) in [7, 11) is 1.27. The summed E-state index contributed by atoms with van der Waals surface area (Å²) in [6.07, 6.45) is -2.56. The van der Waals surface area contributed by atoms with Crippen LogP contribution in [0.1, 0.15) is 27.2 Å². The summed E-state index contributed by atoms with van der Waals surface area (Å²) < 4.78 is 10.3. The number of carbonyl (C=O) groups is 2. The largest absolute Gasteiger partial charge is 0.444 e. The Morgan fingerprint density at radius 1 is 1.46 bits per heavy atom. The number of allylic oxidation sites excluding steroid dienone is 1. The minimum absolute atomic E-state index is 0.149. The summed E-state index contributed by atoms with van der Waals surface area (Å²) in [5.41, 5.74) is -2.47. The summed E-state index contributed by atoms with van der Waals surface area (Å²) in [4.78, 5) is 22.4. The molecule has 136 valence electrons. The third kappa shape index (κ3) is 3.15. The number of fused-ring (bicyclic) bond motifs is 2. The zero-order valence-electron chi connectivity index (χ0n) is 13.8. The molecule has 9 heteroatoms.